The number of halogens is 2. The number of rotatable bonds is 11. The summed E-state index contributed by atoms with van der Waals surface area (Å²) in [7, 11) is 1.37. The molecule has 2 aromatic rings. The van der Waals surface area contributed by atoms with Crippen LogP contribution < -0.4 is 14.8 Å². The number of nitrogens with zero attached hydrogens (tertiary/aromatic N) is 1. The third kappa shape index (κ3) is 9.94. The van der Waals surface area contributed by atoms with E-state index < -0.39 is 60.7 Å². The molecule has 3 rings (SSSR count). The highest BCUT2D eigenvalue weighted by Crippen LogP contribution is 2.31. The van der Waals surface area contributed by atoms with Crippen LogP contribution in [0.1, 0.15) is 50.7 Å². The van der Waals surface area contributed by atoms with Crippen molar-refractivity contribution in [2.45, 2.75) is 59.3 Å². The zero-order valence-corrected chi connectivity index (χ0v) is 27.5. The van der Waals surface area contributed by atoms with Gasteiger partial charge in [0.05, 0.1) is 32.2 Å². The maximum absolute atomic E-state index is 13.4. The average Bonchev–Trinajstić information content (AvgIpc) is 3.03. The molecular weight excluding hydrogens is 631 g/mol. The number of nitrogens with one attached hydrogen (secondary N) is 1. The van der Waals surface area contributed by atoms with E-state index in [1.165, 1.54) is 19.4 Å². The van der Waals surface area contributed by atoms with E-state index in [9.17, 15) is 19.2 Å². The number of methoxy groups -OCH3 is 1. The minimum absolute atomic E-state index is 0.0370. The molecule has 1 aromatic carbocycles. The third-order valence-corrected chi connectivity index (χ3v) is 7.42. The fraction of sp³-hybridized carbons (Fsp3) is 0.516. The highest BCUT2D eigenvalue weighted by Gasteiger charge is 2.38. The second kappa shape index (κ2) is 16.6. The molecule has 12 nitrogen and oxygen atoms in total. The quantitative estimate of drug-likeness (QED) is 0.206. The standard InChI is InChI=1S/C31H38Cl2N2O10/c1-16(2)29(37)43-15-42-27-24(40-6)9-10-34-25(27)28(36)35-23-14-41-13-20(11-19-7-8-21(32)12-22(19)33)26(18(5)44-31(23)39)45-30(38)17(3)4/h7-10,12,16-18,20,23,26H,11,13-15H2,1-6H3,(H,35,36). The van der Waals surface area contributed by atoms with Crippen molar-refractivity contribution in [2.75, 3.05) is 27.1 Å². The Morgan fingerprint density at radius 1 is 1.07 bits per heavy atom. The van der Waals surface area contributed by atoms with Gasteiger partial charge >= 0.3 is 17.9 Å². The van der Waals surface area contributed by atoms with Crippen LogP contribution in [0.15, 0.2) is 30.5 Å². The Bertz CT molecular complexity index is 1370. The van der Waals surface area contributed by atoms with Gasteiger partial charge in [-0.15, -0.1) is 0 Å². The first-order valence-corrected chi connectivity index (χ1v) is 15.1. The number of benzene rings is 1. The van der Waals surface area contributed by atoms with Crippen molar-refractivity contribution in [3.05, 3.63) is 51.8 Å². The lowest BCUT2D eigenvalue weighted by atomic mass is 9.91. The summed E-state index contributed by atoms with van der Waals surface area (Å²) in [6.45, 7) is 7.59. The maximum atomic E-state index is 13.4. The molecule has 0 radical (unpaired) electrons. The molecule has 0 aliphatic carbocycles. The molecule has 1 aliphatic rings. The minimum atomic E-state index is -1.26. The molecule has 1 amide bonds. The van der Waals surface area contributed by atoms with Gasteiger partial charge in [-0.3, -0.25) is 14.4 Å². The van der Waals surface area contributed by atoms with Gasteiger partial charge in [0.15, 0.2) is 23.2 Å². The number of amides is 1. The molecule has 246 valence electrons. The number of aromatic nitrogens is 1. The third-order valence-electron chi connectivity index (χ3n) is 6.84. The van der Waals surface area contributed by atoms with Crippen LogP contribution >= 0.6 is 23.2 Å². The van der Waals surface area contributed by atoms with Gasteiger partial charge in [0, 0.05) is 28.2 Å². The summed E-state index contributed by atoms with van der Waals surface area (Å²) < 4.78 is 33.4. The smallest absolute Gasteiger partial charge is 0.331 e. The van der Waals surface area contributed by atoms with E-state index in [2.05, 4.69) is 10.3 Å². The van der Waals surface area contributed by atoms with Crippen LogP contribution in [0.5, 0.6) is 11.5 Å². The second-order valence-corrected chi connectivity index (χ2v) is 11.9. The summed E-state index contributed by atoms with van der Waals surface area (Å²) in [5.74, 6) is -3.85. The van der Waals surface area contributed by atoms with E-state index >= 15 is 0 Å². The molecule has 45 heavy (non-hydrogen) atoms. The van der Waals surface area contributed by atoms with Crippen LogP contribution in [0.2, 0.25) is 10.0 Å². The Balaban J connectivity index is 1.83. The van der Waals surface area contributed by atoms with Crippen LogP contribution in [-0.4, -0.2) is 74.2 Å². The number of esters is 3. The van der Waals surface area contributed by atoms with Crippen molar-refractivity contribution in [3.63, 3.8) is 0 Å². The zero-order valence-electron chi connectivity index (χ0n) is 26.0. The lowest BCUT2D eigenvalue weighted by Crippen LogP contribution is -2.47. The van der Waals surface area contributed by atoms with E-state index in [1.54, 1.807) is 52.8 Å². The minimum Gasteiger partial charge on any atom is -0.493 e. The number of carbonyl (C=O) groups is 4. The summed E-state index contributed by atoms with van der Waals surface area (Å²) in [4.78, 5) is 55.3. The fourth-order valence-corrected chi connectivity index (χ4v) is 4.84. The molecule has 1 aliphatic heterocycles. The summed E-state index contributed by atoms with van der Waals surface area (Å²) in [6.07, 6.45) is -0.164. The van der Waals surface area contributed by atoms with Gasteiger partial charge in [0.1, 0.15) is 12.2 Å². The Morgan fingerprint density at radius 3 is 2.42 bits per heavy atom. The van der Waals surface area contributed by atoms with Gasteiger partial charge in [0.25, 0.3) is 5.91 Å². The van der Waals surface area contributed by atoms with E-state index in [0.29, 0.717) is 16.5 Å². The normalized spacial score (nSPS) is 20.4. The highest BCUT2D eigenvalue weighted by molar-refractivity contribution is 6.35. The van der Waals surface area contributed by atoms with Crippen molar-refractivity contribution in [3.8, 4) is 11.5 Å². The highest BCUT2D eigenvalue weighted by atomic mass is 35.5. The van der Waals surface area contributed by atoms with E-state index in [1.807, 2.05) is 0 Å². The van der Waals surface area contributed by atoms with Gasteiger partial charge in [0.2, 0.25) is 6.79 Å². The molecule has 1 fully saturated rings. The first-order valence-electron chi connectivity index (χ1n) is 14.4. The van der Waals surface area contributed by atoms with Gasteiger partial charge in [-0.2, -0.15) is 0 Å². The molecular formula is C31H38Cl2N2O10. The fourth-order valence-electron chi connectivity index (χ4n) is 4.36. The number of pyridine rings is 1. The van der Waals surface area contributed by atoms with Crippen LogP contribution in [0, 0.1) is 17.8 Å². The van der Waals surface area contributed by atoms with E-state index in [-0.39, 0.29) is 36.3 Å². The van der Waals surface area contributed by atoms with Crippen molar-refractivity contribution in [1.82, 2.24) is 10.3 Å². The number of ether oxygens (including phenoxy) is 6. The van der Waals surface area contributed by atoms with Crippen LogP contribution in [0.3, 0.4) is 0 Å². The van der Waals surface area contributed by atoms with Gasteiger partial charge in [-0.1, -0.05) is 57.0 Å². The summed E-state index contributed by atoms with van der Waals surface area (Å²) in [6, 6.07) is 5.27. The van der Waals surface area contributed by atoms with Crippen molar-refractivity contribution in [2.24, 2.45) is 17.8 Å². The molecule has 14 heteroatoms. The molecule has 1 saturated heterocycles. The molecule has 0 saturated carbocycles. The number of cyclic esters (lactones) is 1. The Kier molecular flexibility index (Phi) is 13.3. The topological polar surface area (TPSA) is 149 Å². The Hall–Kier alpha value is -3.61. The number of hydrogen-bond donors (Lipinski definition) is 1. The van der Waals surface area contributed by atoms with Crippen LogP contribution in [0.25, 0.3) is 0 Å². The second-order valence-electron chi connectivity index (χ2n) is 11.0. The lowest BCUT2D eigenvalue weighted by Gasteiger charge is -2.31. The Morgan fingerprint density at radius 2 is 1.78 bits per heavy atom. The van der Waals surface area contributed by atoms with Crippen molar-refractivity contribution < 1.29 is 47.6 Å². The molecule has 4 atom stereocenters. The summed E-state index contributed by atoms with van der Waals surface area (Å²) in [5.41, 5.74) is 0.508. The van der Waals surface area contributed by atoms with Crippen LogP contribution in [0.4, 0.5) is 0 Å². The van der Waals surface area contributed by atoms with E-state index in [0.717, 1.165) is 5.56 Å². The molecule has 0 bridgehead atoms. The predicted molar refractivity (Wildman–Crippen MR) is 163 cm³/mol. The van der Waals surface area contributed by atoms with Gasteiger partial charge in [-0.25, -0.2) is 9.78 Å². The lowest BCUT2D eigenvalue weighted by molar-refractivity contribution is -0.173. The molecule has 2 heterocycles. The number of hydrogen-bond acceptors (Lipinski definition) is 11. The summed E-state index contributed by atoms with van der Waals surface area (Å²) in [5, 5.41) is 3.47. The maximum Gasteiger partial charge on any atom is 0.331 e. The van der Waals surface area contributed by atoms with Gasteiger partial charge < -0.3 is 33.7 Å². The molecule has 1 N–H and O–H groups in total. The number of carbonyl (C=O) groups excluding carboxylic acids is 4. The Labute approximate surface area is 271 Å². The molecule has 1 aromatic heterocycles. The average molecular weight is 670 g/mol. The zero-order chi connectivity index (χ0) is 33.3. The molecule has 4 unspecified atom stereocenters. The molecule has 0 spiro atoms. The predicted octanol–water partition coefficient (Wildman–Crippen LogP) is 4.42. The van der Waals surface area contributed by atoms with E-state index in [4.69, 9.17) is 51.6 Å². The first-order chi connectivity index (χ1) is 21.3. The monoisotopic (exact) mass is 668 g/mol. The summed E-state index contributed by atoms with van der Waals surface area (Å²) >= 11 is 12.5. The van der Waals surface area contributed by atoms with Gasteiger partial charge in [-0.05, 0) is 31.0 Å². The first kappa shape index (κ1) is 35.9. The largest absolute Gasteiger partial charge is 0.493 e. The van der Waals surface area contributed by atoms with Crippen molar-refractivity contribution >= 4 is 47.0 Å². The van der Waals surface area contributed by atoms with Crippen molar-refractivity contribution in [1.29, 1.82) is 0 Å². The SMILES string of the molecule is COc1ccnc(C(=O)NC2COCC(Cc3ccc(Cl)cc3Cl)C(OC(=O)C(C)C)C(C)OC2=O)c1OCOC(=O)C(C)C. The van der Waals surface area contributed by atoms with Crippen LogP contribution in [-0.2, 0) is 39.8 Å².